The molecule has 0 atom stereocenters. The Balaban J connectivity index is 1.80. The minimum atomic E-state index is -0.686. The van der Waals surface area contributed by atoms with E-state index in [1.54, 1.807) is 24.3 Å². The molecule has 0 spiro atoms. The zero-order chi connectivity index (χ0) is 14.4. The van der Waals surface area contributed by atoms with Gasteiger partial charge in [0.25, 0.3) is 5.91 Å². The van der Waals surface area contributed by atoms with E-state index in [0.29, 0.717) is 5.75 Å². The molecule has 0 aliphatic heterocycles. The lowest BCUT2D eigenvalue weighted by molar-refractivity contribution is -0.123. The number of halogens is 2. The van der Waals surface area contributed by atoms with E-state index in [9.17, 15) is 13.6 Å². The average Bonchev–Trinajstić information content (AvgIpc) is 2.45. The third kappa shape index (κ3) is 4.05. The highest BCUT2D eigenvalue weighted by molar-refractivity contribution is 5.77. The van der Waals surface area contributed by atoms with Gasteiger partial charge < -0.3 is 10.1 Å². The van der Waals surface area contributed by atoms with Crippen LogP contribution in [0.5, 0.6) is 5.75 Å². The van der Waals surface area contributed by atoms with E-state index in [2.05, 4.69) is 5.32 Å². The van der Waals surface area contributed by atoms with E-state index in [1.807, 2.05) is 6.07 Å². The molecular weight excluding hydrogens is 264 g/mol. The Bertz CT molecular complexity index is 588. The second kappa shape index (κ2) is 6.65. The topological polar surface area (TPSA) is 38.3 Å². The van der Waals surface area contributed by atoms with Gasteiger partial charge >= 0.3 is 0 Å². The van der Waals surface area contributed by atoms with Crippen LogP contribution < -0.4 is 10.1 Å². The van der Waals surface area contributed by atoms with Crippen LogP contribution >= 0.6 is 0 Å². The SMILES string of the molecule is O=C(COc1ccccc1)NCc1ccc(F)cc1F. The summed E-state index contributed by atoms with van der Waals surface area (Å²) in [6, 6.07) is 12.1. The molecule has 0 unspecified atom stereocenters. The fourth-order valence-electron chi connectivity index (χ4n) is 1.58. The van der Waals surface area contributed by atoms with Crippen molar-refractivity contribution in [2.75, 3.05) is 6.61 Å². The molecule has 0 saturated carbocycles. The van der Waals surface area contributed by atoms with Gasteiger partial charge in [0.15, 0.2) is 6.61 Å². The first-order valence-corrected chi connectivity index (χ1v) is 6.03. The maximum atomic E-state index is 13.3. The summed E-state index contributed by atoms with van der Waals surface area (Å²) in [4.78, 5) is 11.5. The van der Waals surface area contributed by atoms with Crippen molar-refractivity contribution in [1.82, 2.24) is 5.32 Å². The Morgan fingerprint density at radius 1 is 1.10 bits per heavy atom. The predicted molar refractivity (Wildman–Crippen MR) is 70.1 cm³/mol. The lowest BCUT2D eigenvalue weighted by Gasteiger charge is -2.08. The average molecular weight is 277 g/mol. The minimum absolute atomic E-state index is 0.0108. The number of hydrogen-bond acceptors (Lipinski definition) is 2. The standard InChI is InChI=1S/C15H13F2NO2/c16-12-7-6-11(14(17)8-12)9-18-15(19)10-20-13-4-2-1-3-5-13/h1-8H,9-10H2,(H,18,19). The zero-order valence-electron chi connectivity index (χ0n) is 10.6. The van der Waals surface area contributed by atoms with Gasteiger partial charge in [0.05, 0.1) is 0 Å². The number of amides is 1. The van der Waals surface area contributed by atoms with Crippen LogP contribution in [0.3, 0.4) is 0 Å². The van der Waals surface area contributed by atoms with Crippen molar-refractivity contribution in [2.45, 2.75) is 6.54 Å². The first kappa shape index (κ1) is 14.0. The second-order valence-electron chi connectivity index (χ2n) is 4.11. The summed E-state index contributed by atoms with van der Waals surface area (Å²) in [7, 11) is 0. The Hall–Kier alpha value is -2.43. The maximum Gasteiger partial charge on any atom is 0.258 e. The van der Waals surface area contributed by atoms with Crippen LogP contribution in [-0.4, -0.2) is 12.5 Å². The molecule has 1 N–H and O–H groups in total. The van der Waals surface area contributed by atoms with Gasteiger partial charge in [-0.25, -0.2) is 8.78 Å². The van der Waals surface area contributed by atoms with Crippen LogP contribution in [0.15, 0.2) is 48.5 Å². The van der Waals surface area contributed by atoms with Crippen LogP contribution in [0, 0.1) is 11.6 Å². The highest BCUT2D eigenvalue weighted by Crippen LogP contribution is 2.09. The van der Waals surface area contributed by atoms with Crippen LogP contribution in [0.25, 0.3) is 0 Å². The van der Waals surface area contributed by atoms with Crippen molar-refractivity contribution >= 4 is 5.91 Å². The van der Waals surface area contributed by atoms with E-state index in [-0.39, 0.29) is 24.6 Å². The Kier molecular flexibility index (Phi) is 4.65. The summed E-state index contributed by atoms with van der Waals surface area (Å²) in [5.74, 6) is -1.13. The second-order valence-corrected chi connectivity index (χ2v) is 4.11. The lowest BCUT2D eigenvalue weighted by Crippen LogP contribution is -2.28. The first-order chi connectivity index (χ1) is 9.65. The molecule has 0 heterocycles. The molecule has 0 radical (unpaired) electrons. The number of benzene rings is 2. The van der Waals surface area contributed by atoms with Gasteiger partial charge in [-0.1, -0.05) is 24.3 Å². The maximum absolute atomic E-state index is 13.3. The highest BCUT2D eigenvalue weighted by Gasteiger charge is 2.06. The third-order valence-electron chi connectivity index (χ3n) is 2.60. The molecule has 3 nitrogen and oxygen atoms in total. The van der Waals surface area contributed by atoms with Crippen molar-refractivity contribution in [1.29, 1.82) is 0 Å². The van der Waals surface area contributed by atoms with Crippen molar-refractivity contribution in [3.63, 3.8) is 0 Å². The zero-order valence-corrected chi connectivity index (χ0v) is 10.6. The lowest BCUT2D eigenvalue weighted by atomic mass is 10.2. The Labute approximate surface area is 115 Å². The number of rotatable bonds is 5. The fraction of sp³-hybridized carbons (Fsp3) is 0.133. The molecule has 2 rings (SSSR count). The van der Waals surface area contributed by atoms with E-state index < -0.39 is 11.6 Å². The van der Waals surface area contributed by atoms with Crippen molar-refractivity contribution in [3.05, 3.63) is 65.7 Å². The molecule has 104 valence electrons. The fourth-order valence-corrected chi connectivity index (χ4v) is 1.58. The van der Waals surface area contributed by atoms with Crippen molar-refractivity contribution < 1.29 is 18.3 Å². The number of hydrogen-bond donors (Lipinski definition) is 1. The van der Waals surface area contributed by atoms with E-state index in [0.717, 1.165) is 12.1 Å². The summed E-state index contributed by atoms with van der Waals surface area (Å²) in [5.41, 5.74) is 0.222. The molecule has 0 fully saturated rings. The molecule has 5 heteroatoms. The van der Waals surface area contributed by atoms with Gasteiger partial charge in [-0.15, -0.1) is 0 Å². The van der Waals surface area contributed by atoms with Crippen LogP contribution in [0.2, 0.25) is 0 Å². The summed E-state index contributed by atoms with van der Waals surface area (Å²) < 4.78 is 31.3. The highest BCUT2D eigenvalue weighted by atomic mass is 19.1. The van der Waals surface area contributed by atoms with Gasteiger partial charge in [-0.05, 0) is 18.2 Å². The van der Waals surface area contributed by atoms with Crippen LogP contribution in [-0.2, 0) is 11.3 Å². The molecule has 20 heavy (non-hydrogen) atoms. The van der Waals surface area contributed by atoms with Gasteiger partial charge in [0.2, 0.25) is 0 Å². The molecule has 0 aliphatic carbocycles. The van der Waals surface area contributed by atoms with Crippen LogP contribution in [0.1, 0.15) is 5.56 Å². The molecule has 2 aromatic carbocycles. The molecule has 0 aromatic heterocycles. The summed E-state index contributed by atoms with van der Waals surface area (Å²) >= 11 is 0. The number of carbonyl (C=O) groups excluding carboxylic acids is 1. The van der Waals surface area contributed by atoms with Crippen LogP contribution in [0.4, 0.5) is 8.78 Å². The van der Waals surface area contributed by atoms with E-state index in [4.69, 9.17) is 4.74 Å². The normalized spacial score (nSPS) is 10.1. The Morgan fingerprint density at radius 2 is 1.85 bits per heavy atom. The monoisotopic (exact) mass is 277 g/mol. The van der Waals surface area contributed by atoms with Gasteiger partial charge in [-0.2, -0.15) is 0 Å². The van der Waals surface area contributed by atoms with Gasteiger partial charge in [-0.3, -0.25) is 4.79 Å². The molecule has 0 saturated heterocycles. The molecule has 0 aliphatic rings. The number of ether oxygens (including phenoxy) is 1. The molecule has 2 aromatic rings. The van der Waals surface area contributed by atoms with E-state index >= 15 is 0 Å². The largest absolute Gasteiger partial charge is 0.484 e. The third-order valence-corrected chi connectivity index (χ3v) is 2.60. The first-order valence-electron chi connectivity index (χ1n) is 6.03. The smallest absolute Gasteiger partial charge is 0.258 e. The van der Waals surface area contributed by atoms with Crippen molar-refractivity contribution in [3.8, 4) is 5.75 Å². The minimum Gasteiger partial charge on any atom is -0.484 e. The molecule has 0 bridgehead atoms. The van der Waals surface area contributed by atoms with Crippen molar-refractivity contribution in [2.24, 2.45) is 0 Å². The number of carbonyl (C=O) groups is 1. The van der Waals surface area contributed by atoms with Gasteiger partial charge in [0.1, 0.15) is 17.4 Å². The number of nitrogens with one attached hydrogen (secondary N) is 1. The summed E-state index contributed by atoms with van der Waals surface area (Å²) in [5, 5.41) is 2.50. The summed E-state index contributed by atoms with van der Waals surface area (Å²) in [6.45, 7) is -0.171. The molecule has 1 amide bonds. The van der Waals surface area contributed by atoms with E-state index in [1.165, 1.54) is 6.07 Å². The summed E-state index contributed by atoms with van der Waals surface area (Å²) in [6.07, 6.45) is 0. The number of para-hydroxylation sites is 1. The van der Waals surface area contributed by atoms with Gasteiger partial charge in [0, 0.05) is 18.2 Å². The molecular formula is C15H13F2NO2. The predicted octanol–water partition coefficient (Wildman–Crippen LogP) is 2.66. The quantitative estimate of drug-likeness (QED) is 0.912. The Morgan fingerprint density at radius 3 is 2.55 bits per heavy atom.